The summed E-state index contributed by atoms with van der Waals surface area (Å²) in [5.74, 6) is 0.409. The van der Waals surface area contributed by atoms with Crippen molar-refractivity contribution in [1.82, 2.24) is 24.8 Å². The lowest BCUT2D eigenvalue weighted by Gasteiger charge is -2.42. The van der Waals surface area contributed by atoms with Gasteiger partial charge in [0.2, 0.25) is 5.91 Å². The first kappa shape index (κ1) is 28.6. The van der Waals surface area contributed by atoms with E-state index in [-0.39, 0.29) is 42.7 Å². The molecular weight excluding hydrogens is 537 g/mol. The number of likely N-dealkylation sites (N-methyl/N-ethyl adjacent to an activating group) is 1. The molecule has 2 atom stereocenters. The molecule has 5 rings (SSSR count). The molecule has 2 aromatic rings. The highest BCUT2D eigenvalue weighted by Crippen LogP contribution is 2.38. The predicted octanol–water partition coefficient (Wildman–Crippen LogP) is 3.04. The number of carbonyl (C=O) groups is 1. The van der Waals surface area contributed by atoms with Crippen LogP contribution in [-0.2, 0) is 23.9 Å². The number of ether oxygens (including phenoxy) is 1. The second-order valence-corrected chi connectivity index (χ2v) is 10.6. The van der Waals surface area contributed by atoms with Crippen LogP contribution >= 0.6 is 0 Å². The van der Waals surface area contributed by atoms with Crippen LogP contribution in [0.3, 0.4) is 0 Å². The molecule has 2 saturated heterocycles. The number of piperazine rings is 1. The van der Waals surface area contributed by atoms with E-state index in [2.05, 4.69) is 27.5 Å². The maximum atomic E-state index is 13.8. The molecule has 0 aliphatic carbocycles. The number of carbonyl (C=O) groups excluding carboxylic acids is 1. The van der Waals surface area contributed by atoms with Crippen LogP contribution in [0.2, 0.25) is 0 Å². The Hall–Kier alpha value is -3.92. The lowest BCUT2D eigenvalue weighted by molar-refractivity contribution is -0.140. The van der Waals surface area contributed by atoms with Gasteiger partial charge in [-0.15, -0.1) is 0 Å². The number of aromatic nitrogens is 3. The number of hydrogen-bond acceptors (Lipinski definition) is 9. The zero-order valence-corrected chi connectivity index (χ0v) is 23.0. The largest absolute Gasteiger partial charge is 0.462 e. The molecule has 2 fully saturated rings. The van der Waals surface area contributed by atoms with Gasteiger partial charge in [0, 0.05) is 44.0 Å². The van der Waals surface area contributed by atoms with Crippen molar-refractivity contribution in [2.45, 2.75) is 50.5 Å². The number of likely N-dealkylation sites (tertiary alicyclic amines) is 1. The highest BCUT2D eigenvalue weighted by atomic mass is 19.4. The third kappa shape index (κ3) is 6.07. The third-order valence-corrected chi connectivity index (χ3v) is 8.06. The Morgan fingerprint density at radius 2 is 2.05 bits per heavy atom. The lowest BCUT2D eigenvalue weighted by Crippen LogP contribution is -2.55. The van der Waals surface area contributed by atoms with Crippen LogP contribution in [-0.4, -0.2) is 89.1 Å². The molecule has 41 heavy (non-hydrogen) atoms. The van der Waals surface area contributed by atoms with Crippen LogP contribution in [0, 0.1) is 11.3 Å². The molecule has 5 heterocycles. The molecule has 3 aliphatic rings. The van der Waals surface area contributed by atoms with Crippen molar-refractivity contribution in [2.24, 2.45) is 0 Å². The Balaban J connectivity index is 1.47. The Morgan fingerprint density at radius 1 is 1.22 bits per heavy atom. The van der Waals surface area contributed by atoms with Crippen molar-refractivity contribution in [3.63, 3.8) is 0 Å². The van der Waals surface area contributed by atoms with Gasteiger partial charge in [0.25, 0.3) is 0 Å². The Kier molecular flexibility index (Phi) is 8.30. The molecule has 2 aromatic heterocycles. The van der Waals surface area contributed by atoms with E-state index in [1.165, 1.54) is 18.2 Å². The van der Waals surface area contributed by atoms with Gasteiger partial charge in [0.15, 0.2) is 5.69 Å². The maximum absolute atomic E-state index is 13.8. The van der Waals surface area contributed by atoms with Crippen LogP contribution in [0.5, 0.6) is 6.01 Å². The minimum absolute atomic E-state index is 0.00602. The Bertz CT molecular complexity index is 1330. The van der Waals surface area contributed by atoms with Crippen LogP contribution < -0.4 is 14.5 Å². The van der Waals surface area contributed by atoms with Crippen molar-refractivity contribution < 1.29 is 22.7 Å². The molecule has 0 N–H and O–H groups in total. The molecule has 0 bridgehead atoms. The standard InChI is InChI=1S/C28H33F3N8O2/c1-3-24(40)39-15-14-38(16-19(39)8-10-32)26-21-9-13-37(23-7-4-11-33-25(23)28(29,30)31)17-22(21)34-27(35-26)41-18-20-6-5-12-36(20)2/h3-4,7,11,19-20H,1,5-6,8-9,12-18H2,2H3/t19?,20-/m0/s1. The van der Waals surface area contributed by atoms with Crippen LogP contribution in [0.15, 0.2) is 31.0 Å². The molecule has 0 spiro atoms. The van der Waals surface area contributed by atoms with E-state index in [0.717, 1.165) is 31.1 Å². The zero-order chi connectivity index (χ0) is 29.1. The molecule has 0 saturated carbocycles. The van der Waals surface area contributed by atoms with Crippen molar-refractivity contribution in [3.05, 3.63) is 47.9 Å². The zero-order valence-electron chi connectivity index (χ0n) is 23.0. The van der Waals surface area contributed by atoms with Gasteiger partial charge in [-0.25, -0.2) is 4.98 Å². The van der Waals surface area contributed by atoms with E-state index in [4.69, 9.17) is 9.72 Å². The van der Waals surface area contributed by atoms with E-state index < -0.39 is 11.9 Å². The second-order valence-electron chi connectivity index (χ2n) is 10.6. The number of nitrogens with zero attached hydrogens (tertiary/aromatic N) is 8. The van der Waals surface area contributed by atoms with Crippen molar-refractivity contribution >= 4 is 17.4 Å². The monoisotopic (exact) mass is 570 g/mol. The van der Waals surface area contributed by atoms with Gasteiger partial charge in [0.1, 0.15) is 12.4 Å². The second kappa shape index (κ2) is 11.9. The number of nitriles is 1. The number of alkyl halides is 3. The molecule has 10 nitrogen and oxygen atoms in total. The van der Waals surface area contributed by atoms with Crippen molar-refractivity contribution in [1.29, 1.82) is 5.26 Å². The summed E-state index contributed by atoms with van der Waals surface area (Å²) >= 11 is 0. The van der Waals surface area contributed by atoms with Gasteiger partial charge in [-0.2, -0.15) is 28.4 Å². The molecular formula is C28H33F3N8O2. The highest BCUT2D eigenvalue weighted by Gasteiger charge is 2.38. The first-order valence-corrected chi connectivity index (χ1v) is 13.7. The summed E-state index contributed by atoms with van der Waals surface area (Å²) in [5.41, 5.74) is 0.505. The van der Waals surface area contributed by atoms with Crippen LogP contribution in [0.25, 0.3) is 0 Å². The summed E-state index contributed by atoms with van der Waals surface area (Å²) in [5, 5.41) is 9.42. The number of fused-ring (bicyclic) bond motifs is 1. The molecule has 1 unspecified atom stereocenters. The summed E-state index contributed by atoms with van der Waals surface area (Å²) in [6.45, 7) is 6.66. The van der Waals surface area contributed by atoms with E-state index in [0.29, 0.717) is 50.7 Å². The predicted molar refractivity (Wildman–Crippen MR) is 145 cm³/mol. The fraction of sp³-hybridized carbons (Fsp3) is 0.536. The quantitative estimate of drug-likeness (QED) is 0.465. The maximum Gasteiger partial charge on any atom is 0.435 e. The SMILES string of the molecule is C=CC(=O)N1CCN(c2nc(OC[C@@H]3CCCN3C)nc3c2CCN(c2cccnc2C(F)(F)F)C3)CC1CC#N. The number of hydrogen-bond donors (Lipinski definition) is 0. The molecule has 0 aromatic carbocycles. The average Bonchev–Trinajstić information content (AvgIpc) is 3.39. The normalized spacial score (nSPS) is 21.4. The lowest BCUT2D eigenvalue weighted by atomic mass is 10.0. The topological polar surface area (TPSA) is 102 Å². The van der Waals surface area contributed by atoms with Crippen molar-refractivity contribution in [2.75, 3.05) is 56.2 Å². The average molecular weight is 571 g/mol. The minimum Gasteiger partial charge on any atom is -0.462 e. The van der Waals surface area contributed by atoms with Crippen molar-refractivity contribution in [3.8, 4) is 12.1 Å². The molecule has 1 amide bonds. The van der Waals surface area contributed by atoms with Gasteiger partial charge >= 0.3 is 12.2 Å². The molecule has 3 aliphatic heterocycles. The van der Waals surface area contributed by atoms with Gasteiger partial charge < -0.3 is 24.3 Å². The summed E-state index contributed by atoms with van der Waals surface area (Å²) in [4.78, 5) is 33.1. The molecule has 218 valence electrons. The van der Waals surface area contributed by atoms with Crippen LogP contribution in [0.4, 0.5) is 24.7 Å². The van der Waals surface area contributed by atoms with Gasteiger partial charge in [-0.05, 0) is 51.1 Å². The first-order chi connectivity index (χ1) is 19.7. The van der Waals surface area contributed by atoms with Gasteiger partial charge in [-0.1, -0.05) is 6.58 Å². The van der Waals surface area contributed by atoms with Gasteiger partial charge in [-0.3, -0.25) is 4.79 Å². The number of rotatable bonds is 7. The summed E-state index contributed by atoms with van der Waals surface area (Å²) in [7, 11) is 2.05. The Morgan fingerprint density at radius 3 is 2.76 bits per heavy atom. The number of halogens is 3. The third-order valence-electron chi connectivity index (χ3n) is 8.06. The summed E-state index contributed by atoms with van der Waals surface area (Å²) in [6, 6.07) is 5.14. The minimum atomic E-state index is -4.59. The van der Waals surface area contributed by atoms with E-state index in [1.807, 2.05) is 11.9 Å². The van der Waals surface area contributed by atoms with E-state index >= 15 is 0 Å². The van der Waals surface area contributed by atoms with E-state index in [9.17, 15) is 23.2 Å². The van der Waals surface area contributed by atoms with Crippen LogP contribution in [0.1, 0.15) is 36.2 Å². The Labute approximate surface area is 237 Å². The van der Waals surface area contributed by atoms with Gasteiger partial charge in [0.05, 0.1) is 36.5 Å². The molecule has 13 heteroatoms. The summed E-state index contributed by atoms with van der Waals surface area (Å²) < 4.78 is 47.4. The first-order valence-electron chi connectivity index (χ1n) is 13.7. The smallest absolute Gasteiger partial charge is 0.435 e. The van der Waals surface area contributed by atoms with E-state index in [1.54, 1.807) is 9.80 Å². The number of anilines is 2. The molecule has 0 radical (unpaired) electrons. The summed E-state index contributed by atoms with van der Waals surface area (Å²) in [6.07, 6.45) is 0.446. The number of amides is 1. The number of pyridine rings is 1. The fourth-order valence-corrected chi connectivity index (χ4v) is 5.89. The highest BCUT2D eigenvalue weighted by molar-refractivity contribution is 5.87. The fourth-order valence-electron chi connectivity index (χ4n) is 5.89.